The van der Waals surface area contributed by atoms with Crippen molar-refractivity contribution in [3.05, 3.63) is 58.6 Å². The zero-order chi connectivity index (χ0) is 17.9. The van der Waals surface area contributed by atoms with E-state index < -0.39 is 34.1 Å². The molecule has 0 aliphatic rings. The second-order valence-corrected chi connectivity index (χ2v) is 7.72. The van der Waals surface area contributed by atoms with E-state index in [2.05, 4.69) is 21.2 Å². The smallest absolute Gasteiger partial charge is 0.245 e. The highest BCUT2D eigenvalue weighted by Crippen LogP contribution is 2.22. The first-order valence-electron chi connectivity index (χ1n) is 6.65. The van der Waals surface area contributed by atoms with Gasteiger partial charge in [-0.2, -0.15) is 0 Å². The molecule has 1 amide bonds. The molecule has 0 saturated heterocycles. The van der Waals surface area contributed by atoms with Crippen LogP contribution in [-0.4, -0.2) is 27.1 Å². The Labute approximate surface area is 146 Å². The van der Waals surface area contributed by atoms with Crippen LogP contribution in [0.15, 0.2) is 46.9 Å². The lowest BCUT2D eigenvalue weighted by atomic mass is 10.3. The predicted octanol–water partition coefficient (Wildman–Crippen LogP) is 3.13. The number of amides is 1. The molecular formula is C15H13BrF2N2O3S. The molecule has 1 N–H and O–H groups in total. The summed E-state index contributed by atoms with van der Waals surface area (Å²) in [6.45, 7) is -0.685. The number of hydrogen-bond acceptors (Lipinski definition) is 3. The van der Waals surface area contributed by atoms with E-state index in [-0.39, 0.29) is 11.4 Å². The van der Waals surface area contributed by atoms with Crippen molar-refractivity contribution in [2.24, 2.45) is 0 Å². The number of para-hydroxylation sites is 1. The van der Waals surface area contributed by atoms with Gasteiger partial charge < -0.3 is 5.32 Å². The number of anilines is 2. The third kappa shape index (κ3) is 4.51. The highest BCUT2D eigenvalue weighted by Gasteiger charge is 2.23. The number of rotatable bonds is 5. The number of carbonyl (C=O) groups excluding carboxylic acids is 1. The Hall–Kier alpha value is -2.00. The lowest BCUT2D eigenvalue weighted by molar-refractivity contribution is -0.114. The quantitative estimate of drug-likeness (QED) is 0.810. The van der Waals surface area contributed by atoms with Crippen LogP contribution in [0.2, 0.25) is 0 Å². The summed E-state index contributed by atoms with van der Waals surface area (Å²) < 4.78 is 52.5. The molecule has 0 bridgehead atoms. The van der Waals surface area contributed by atoms with Gasteiger partial charge in [0.15, 0.2) is 0 Å². The van der Waals surface area contributed by atoms with Crippen LogP contribution in [0.3, 0.4) is 0 Å². The number of benzene rings is 2. The van der Waals surface area contributed by atoms with E-state index >= 15 is 0 Å². The third-order valence-electron chi connectivity index (χ3n) is 3.01. The Morgan fingerprint density at radius 3 is 2.42 bits per heavy atom. The molecule has 0 aliphatic carbocycles. The number of carbonyl (C=O) groups is 1. The molecule has 0 aromatic heterocycles. The van der Waals surface area contributed by atoms with Crippen LogP contribution in [0.1, 0.15) is 0 Å². The minimum Gasteiger partial charge on any atom is -0.322 e. The van der Waals surface area contributed by atoms with Crippen LogP contribution in [0.4, 0.5) is 20.2 Å². The largest absolute Gasteiger partial charge is 0.322 e. The minimum atomic E-state index is -3.91. The Morgan fingerprint density at radius 1 is 1.17 bits per heavy atom. The maximum absolute atomic E-state index is 13.9. The average molecular weight is 419 g/mol. The van der Waals surface area contributed by atoms with E-state index in [1.54, 1.807) is 0 Å². The van der Waals surface area contributed by atoms with Gasteiger partial charge in [0.05, 0.1) is 17.6 Å². The maximum atomic E-state index is 13.9. The second kappa shape index (κ2) is 7.27. The fourth-order valence-corrected chi connectivity index (χ4v) is 3.14. The van der Waals surface area contributed by atoms with Crippen LogP contribution < -0.4 is 9.62 Å². The van der Waals surface area contributed by atoms with Crippen molar-refractivity contribution in [1.82, 2.24) is 0 Å². The van der Waals surface area contributed by atoms with Gasteiger partial charge in [-0.15, -0.1) is 0 Å². The second-order valence-electron chi connectivity index (χ2n) is 4.89. The molecule has 0 unspecified atom stereocenters. The molecule has 9 heteroatoms. The topological polar surface area (TPSA) is 66.5 Å². The number of sulfonamides is 1. The fraction of sp³-hybridized carbons (Fsp3) is 0.133. The lowest BCUT2D eigenvalue weighted by Gasteiger charge is -2.22. The summed E-state index contributed by atoms with van der Waals surface area (Å²) in [6.07, 6.45) is 0.854. The van der Waals surface area contributed by atoms with Gasteiger partial charge in [-0.25, -0.2) is 17.2 Å². The van der Waals surface area contributed by atoms with Crippen molar-refractivity contribution < 1.29 is 22.0 Å². The van der Waals surface area contributed by atoms with Crippen LogP contribution >= 0.6 is 15.9 Å². The number of hydrogen-bond donors (Lipinski definition) is 1. The molecule has 2 rings (SSSR count). The van der Waals surface area contributed by atoms with Crippen molar-refractivity contribution in [3.8, 4) is 0 Å². The molecule has 2 aromatic carbocycles. The number of nitrogens with one attached hydrogen (secondary N) is 1. The summed E-state index contributed by atoms with van der Waals surface area (Å²) in [5.41, 5.74) is -0.364. The maximum Gasteiger partial charge on any atom is 0.245 e. The highest BCUT2D eigenvalue weighted by molar-refractivity contribution is 9.10. The van der Waals surface area contributed by atoms with E-state index in [0.717, 1.165) is 18.4 Å². The van der Waals surface area contributed by atoms with Gasteiger partial charge in [0.1, 0.15) is 18.2 Å². The van der Waals surface area contributed by atoms with Crippen LogP contribution in [0, 0.1) is 11.6 Å². The van der Waals surface area contributed by atoms with Crippen LogP contribution in [0.25, 0.3) is 0 Å². The summed E-state index contributed by atoms with van der Waals surface area (Å²) in [6, 6.07) is 9.17. The van der Waals surface area contributed by atoms with E-state index in [9.17, 15) is 22.0 Å². The van der Waals surface area contributed by atoms with Crippen LogP contribution in [-0.2, 0) is 14.8 Å². The van der Waals surface area contributed by atoms with Gasteiger partial charge in [0, 0.05) is 4.47 Å². The first kappa shape index (κ1) is 18.3. The molecular weight excluding hydrogens is 406 g/mol. The molecule has 0 radical (unpaired) electrons. The molecule has 0 saturated carbocycles. The van der Waals surface area contributed by atoms with Gasteiger partial charge in [-0.1, -0.05) is 28.1 Å². The number of halogens is 3. The summed E-state index contributed by atoms with van der Waals surface area (Å²) in [4.78, 5) is 12.1. The van der Waals surface area contributed by atoms with E-state index in [1.165, 1.54) is 30.3 Å². The van der Waals surface area contributed by atoms with Crippen molar-refractivity contribution in [1.29, 1.82) is 0 Å². The van der Waals surface area contributed by atoms with Gasteiger partial charge in [0.2, 0.25) is 15.9 Å². The van der Waals surface area contributed by atoms with E-state index in [0.29, 0.717) is 8.78 Å². The SMILES string of the molecule is CS(=O)(=O)N(CC(=O)Nc1ccc(Br)cc1F)c1ccccc1F. The molecule has 0 heterocycles. The first-order chi connectivity index (χ1) is 11.2. The summed E-state index contributed by atoms with van der Waals surface area (Å²) >= 11 is 3.09. The number of nitrogens with zero attached hydrogens (tertiary/aromatic N) is 1. The van der Waals surface area contributed by atoms with Crippen molar-refractivity contribution in [2.45, 2.75) is 0 Å². The zero-order valence-corrected chi connectivity index (χ0v) is 14.9. The summed E-state index contributed by atoms with van der Waals surface area (Å²) in [7, 11) is -3.91. The predicted molar refractivity (Wildman–Crippen MR) is 91.3 cm³/mol. The minimum absolute atomic E-state index is 0.106. The third-order valence-corrected chi connectivity index (χ3v) is 4.63. The molecule has 0 spiro atoms. The summed E-state index contributed by atoms with van der Waals surface area (Å²) in [5.74, 6) is -2.27. The first-order valence-corrected chi connectivity index (χ1v) is 9.30. The summed E-state index contributed by atoms with van der Waals surface area (Å²) in [5, 5.41) is 2.27. The van der Waals surface area contributed by atoms with Crippen LogP contribution in [0.5, 0.6) is 0 Å². The van der Waals surface area contributed by atoms with Crippen molar-refractivity contribution >= 4 is 43.2 Å². The Balaban J connectivity index is 2.24. The molecule has 2 aromatic rings. The monoisotopic (exact) mass is 418 g/mol. The van der Waals surface area contributed by atoms with Crippen molar-refractivity contribution in [2.75, 3.05) is 22.4 Å². The normalized spacial score (nSPS) is 11.2. The molecule has 0 atom stereocenters. The standard InChI is InChI=1S/C15H13BrF2N2O3S/c1-24(22,23)20(14-5-3-2-4-11(14)17)9-15(21)19-13-7-6-10(16)8-12(13)18/h2-8H,9H2,1H3,(H,19,21). The molecule has 24 heavy (non-hydrogen) atoms. The average Bonchev–Trinajstić information content (AvgIpc) is 2.47. The Bertz CT molecular complexity index is 875. The zero-order valence-electron chi connectivity index (χ0n) is 12.5. The van der Waals surface area contributed by atoms with Gasteiger partial charge >= 0.3 is 0 Å². The van der Waals surface area contributed by atoms with Gasteiger partial charge in [-0.05, 0) is 30.3 Å². The van der Waals surface area contributed by atoms with Crippen molar-refractivity contribution in [3.63, 3.8) is 0 Å². The van der Waals surface area contributed by atoms with Gasteiger partial charge in [-0.3, -0.25) is 9.10 Å². The highest BCUT2D eigenvalue weighted by atomic mass is 79.9. The van der Waals surface area contributed by atoms with Gasteiger partial charge in [0.25, 0.3) is 0 Å². The Morgan fingerprint density at radius 2 is 1.83 bits per heavy atom. The molecule has 0 fully saturated rings. The molecule has 0 aliphatic heterocycles. The molecule has 5 nitrogen and oxygen atoms in total. The van der Waals surface area contributed by atoms with E-state index in [1.807, 2.05) is 0 Å². The fourth-order valence-electron chi connectivity index (χ4n) is 1.95. The lowest BCUT2D eigenvalue weighted by Crippen LogP contribution is -2.38. The Kier molecular flexibility index (Phi) is 5.55. The molecule has 128 valence electrons. The van der Waals surface area contributed by atoms with E-state index in [4.69, 9.17) is 0 Å².